The second-order valence-electron chi connectivity index (χ2n) is 7.24. The number of benzene rings is 2. The Hall–Kier alpha value is -3.02. The van der Waals surface area contributed by atoms with E-state index < -0.39 is 17.9 Å². The molecule has 1 aliphatic rings. The molecule has 2 aromatic rings. The molecule has 1 unspecified atom stereocenters. The number of amides is 2. The number of ether oxygens (including phenoxy) is 4. The number of hydrogen-bond donors (Lipinski definition) is 2. The second-order valence-corrected chi connectivity index (χ2v) is 8.40. The maximum atomic E-state index is 12.7. The molecule has 2 N–H and O–H groups in total. The number of methoxy groups -OCH3 is 2. The highest BCUT2D eigenvalue weighted by Crippen LogP contribution is 2.33. The lowest BCUT2D eigenvalue weighted by Crippen LogP contribution is -2.48. The van der Waals surface area contributed by atoms with E-state index in [9.17, 15) is 9.59 Å². The van der Waals surface area contributed by atoms with Gasteiger partial charge in [0.2, 0.25) is 6.79 Å². The zero-order valence-corrected chi connectivity index (χ0v) is 20.3. The molecule has 32 heavy (non-hydrogen) atoms. The number of nitrogens with zero attached hydrogens (tertiary/aromatic N) is 1. The van der Waals surface area contributed by atoms with E-state index in [1.807, 2.05) is 19.9 Å². The Morgan fingerprint density at radius 1 is 1.12 bits per heavy atom. The van der Waals surface area contributed by atoms with Gasteiger partial charge in [-0.2, -0.15) is 5.10 Å². The van der Waals surface area contributed by atoms with E-state index >= 15 is 0 Å². The minimum absolute atomic E-state index is 0.120. The summed E-state index contributed by atoms with van der Waals surface area (Å²) in [6.07, 6.45) is 1.50. The van der Waals surface area contributed by atoms with Crippen molar-refractivity contribution in [3.63, 3.8) is 0 Å². The van der Waals surface area contributed by atoms with Crippen molar-refractivity contribution >= 4 is 40.6 Å². The van der Waals surface area contributed by atoms with E-state index in [1.54, 1.807) is 38.5 Å². The van der Waals surface area contributed by atoms with Gasteiger partial charge >= 0.3 is 0 Å². The van der Waals surface area contributed by atoms with Gasteiger partial charge in [-0.05, 0) is 64.4 Å². The molecule has 0 aromatic heterocycles. The topological polar surface area (TPSA) is 107 Å². The fraction of sp³-hybridized carbons (Fsp3) is 0.318. The molecule has 3 rings (SSSR count). The first-order valence-electron chi connectivity index (χ1n) is 9.79. The molecule has 0 bridgehead atoms. The number of carbonyl (C=O) groups is 2. The summed E-state index contributed by atoms with van der Waals surface area (Å²) >= 11 is 2.13. The van der Waals surface area contributed by atoms with Gasteiger partial charge < -0.3 is 24.3 Å². The number of carbonyl (C=O) groups excluding carboxylic acids is 2. The molecule has 1 heterocycles. The molecule has 10 heteroatoms. The Morgan fingerprint density at radius 2 is 1.88 bits per heavy atom. The first-order valence-corrected chi connectivity index (χ1v) is 10.9. The number of hydrogen-bond acceptors (Lipinski definition) is 7. The van der Waals surface area contributed by atoms with Gasteiger partial charge in [-0.25, -0.2) is 5.43 Å². The molecule has 0 saturated carbocycles. The van der Waals surface area contributed by atoms with Crippen LogP contribution in [0.2, 0.25) is 0 Å². The molecule has 0 aliphatic carbocycles. The Kier molecular flexibility index (Phi) is 7.78. The highest BCUT2D eigenvalue weighted by Gasteiger charge is 2.25. The number of hydrazone groups is 1. The maximum absolute atomic E-state index is 12.7. The van der Waals surface area contributed by atoms with Crippen LogP contribution in [0.1, 0.15) is 29.8 Å². The van der Waals surface area contributed by atoms with Crippen LogP contribution in [0.4, 0.5) is 0 Å². The smallest absolute Gasteiger partial charge is 0.262 e. The Labute approximate surface area is 199 Å². The highest BCUT2D eigenvalue weighted by atomic mass is 127. The van der Waals surface area contributed by atoms with E-state index in [2.05, 4.69) is 38.4 Å². The third-order valence-corrected chi connectivity index (χ3v) is 5.52. The van der Waals surface area contributed by atoms with Crippen molar-refractivity contribution in [2.75, 3.05) is 21.0 Å². The van der Waals surface area contributed by atoms with Crippen molar-refractivity contribution in [2.45, 2.75) is 19.9 Å². The average molecular weight is 553 g/mol. The van der Waals surface area contributed by atoms with Crippen molar-refractivity contribution in [3.05, 3.63) is 45.0 Å². The number of fused-ring (bicyclic) bond motifs is 1. The van der Waals surface area contributed by atoms with Crippen LogP contribution in [-0.2, 0) is 4.79 Å². The Bertz CT molecular complexity index is 1040. The molecule has 2 amide bonds. The van der Waals surface area contributed by atoms with Crippen molar-refractivity contribution in [1.82, 2.24) is 10.7 Å². The van der Waals surface area contributed by atoms with Crippen LogP contribution in [0, 0.1) is 9.49 Å². The standard InChI is InChI=1S/C22H24IN3O6/c1-12(2)19(25-21(27)14-5-6-16-17(9-14)32-11-31-16)22(28)26-24-10-13-7-15(23)20(30-4)18(8-13)29-3/h5-10,12,19H,11H2,1-4H3,(H,25,27)(H,26,28)/b24-10+. The van der Waals surface area contributed by atoms with Gasteiger partial charge in [-0.3, -0.25) is 9.59 Å². The van der Waals surface area contributed by atoms with Crippen LogP contribution in [0.5, 0.6) is 23.0 Å². The summed E-state index contributed by atoms with van der Waals surface area (Å²) in [7, 11) is 3.12. The number of nitrogens with one attached hydrogen (secondary N) is 2. The minimum atomic E-state index is -0.782. The Balaban J connectivity index is 1.66. The predicted octanol–water partition coefficient (Wildman–Crippen LogP) is 2.94. The molecule has 0 radical (unpaired) electrons. The molecule has 0 fully saturated rings. The number of halogens is 1. The van der Waals surface area contributed by atoms with Crippen LogP contribution < -0.4 is 29.7 Å². The number of rotatable bonds is 8. The van der Waals surface area contributed by atoms with Gasteiger partial charge in [0.1, 0.15) is 6.04 Å². The predicted molar refractivity (Wildman–Crippen MR) is 127 cm³/mol. The highest BCUT2D eigenvalue weighted by molar-refractivity contribution is 14.1. The summed E-state index contributed by atoms with van der Waals surface area (Å²) < 4.78 is 22.0. The van der Waals surface area contributed by atoms with Gasteiger partial charge in [0, 0.05) is 5.56 Å². The van der Waals surface area contributed by atoms with E-state index in [-0.39, 0.29) is 12.7 Å². The lowest BCUT2D eigenvalue weighted by molar-refractivity contribution is -0.123. The average Bonchev–Trinajstić information content (AvgIpc) is 3.24. The fourth-order valence-electron chi connectivity index (χ4n) is 3.05. The quantitative estimate of drug-likeness (QED) is 0.296. The molecular formula is C22H24IN3O6. The third kappa shape index (κ3) is 5.42. The van der Waals surface area contributed by atoms with Gasteiger partial charge in [0.05, 0.1) is 24.0 Å². The van der Waals surface area contributed by atoms with Crippen LogP contribution in [0.3, 0.4) is 0 Å². The molecule has 0 spiro atoms. The first kappa shape index (κ1) is 23.6. The van der Waals surface area contributed by atoms with Gasteiger partial charge in [0.25, 0.3) is 11.8 Å². The summed E-state index contributed by atoms with van der Waals surface area (Å²) in [6.45, 7) is 3.80. The molecule has 2 aromatic carbocycles. The monoisotopic (exact) mass is 553 g/mol. The summed E-state index contributed by atoms with van der Waals surface area (Å²) in [5, 5.41) is 6.79. The molecular weight excluding hydrogens is 529 g/mol. The summed E-state index contributed by atoms with van der Waals surface area (Å²) in [4.78, 5) is 25.4. The lowest BCUT2D eigenvalue weighted by Gasteiger charge is -2.20. The molecule has 1 atom stereocenters. The van der Waals surface area contributed by atoms with Crippen LogP contribution in [-0.4, -0.2) is 45.1 Å². The zero-order chi connectivity index (χ0) is 23.3. The van der Waals surface area contributed by atoms with Crippen LogP contribution in [0.15, 0.2) is 35.4 Å². The minimum Gasteiger partial charge on any atom is -0.493 e. The van der Waals surface area contributed by atoms with E-state index in [4.69, 9.17) is 18.9 Å². The second kappa shape index (κ2) is 10.5. The van der Waals surface area contributed by atoms with Gasteiger partial charge in [-0.15, -0.1) is 0 Å². The molecule has 1 aliphatic heterocycles. The summed E-state index contributed by atoms with van der Waals surface area (Å²) in [6, 6.07) is 7.68. The van der Waals surface area contributed by atoms with Crippen molar-refractivity contribution in [3.8, 4) is 23.0 Å². The van der Waals surface area contributed by atoms with E-state index in [1.165, 1.54) is 6.21 Å². The lowest BCUT2D eigenvalue weighted by atomic mass is 10.0. The van der Waals surface area contributed by atoms with Gasteiger partial charge in [-0.1, -0.05) is 13.8 Å². The first-order chi connectivity index (χ1) is 15.3. The molecule has 9 nitrogen and oxygen atoms in total. The van der Waals surface area contributed by atoms with Crippen LogP contribution in [0.25, 0.3) is 0 Å². The maximum Gasteiger partial charge on any atom is 0.262 e. The zero-order valence-electron chi connectivity index (χ0n) is 18.1. The summed E-state index contributed by atoms with van der Waals surface area (Å²) in [5.41, 5.74) is 3.58. The van der Waals surface area contributed by atoms with Crippen molar-refractivity contribution in [1.29, 1.82) is 0 Å². The largest absolute Gasteiger partial charge is 0.493 e. The normalized spacial score (nSPS) is 13.2. The third-order valence-electron chi connectivity index (χ3n) is 4.71. The van der Waals surface area contributed by atoms with E-state index in [0.717, 1.165) is 9.13 Å². The SMILES string of the molecule is COc1cc(/C=N/NC(=O)C(NC(=O)c2ccc3c(c2)OCO3)C(C)C)cc(I)c1OC. The van der Waals surface area contributed by atoms with Crippen LogP contribution >= 0.6 is 22.6 Å². The van der Waals surface area contributed by atoms with E-state index in [0.29, 0.717) is 28.6 Å². The van der Waals surface area contributed by atoms with Crippen molar-refractivity contribution < 1.29 is 28.5 Å². The Morgan fingerprint density at radius 3 is 2.56 bits per heavy atom. The molecule has 170 valence electrons. The molecule has 0 saturated heterocycles. The summed E-state index contributed by atoms with van der Waals surface area (Å²) in [5.74, 6) is 1.28. The van der Waals surface area contributed by atoms with Crippen molar-refractivity contribution in [2.24, 2.45) is 11.0 Å². The fourth-order valence-corrected chi connectivity index (χ4v) is 3.90. The van der Waals surface area contributed by atoms with Gasteiger partial charge in [0.15, 0.2) is 23.0 Å².